The summed E-state index contributed by atoms with van der Waals surface area (Å²) in [4.78, 5) is 28.2. The van der Waals surface area contributed by atoms with Gasteiger partial charge in [-0.3, -0.25) is 14.9 Å². The fraction of sp³-hybridized carbons (Fsp3) is 0.452. The monoisotopic (exact) mass is 538 g/mol. The molecule has 39 heavy (non-hydrogen) atoms. The molecule has 1 saturated heterocycles. The number of carbonyl (C=O) groups excluding carboxylic acids is 1. The van der Waals surface area contributed by atoms with Gasteiger partial charge >= 0.3 is 0 Å². The predicted molar refractivity (Wildman–Crippen MR) is 144 cm³/mol. The van der Waals surface area contributed by atoms with Crippen LogP contribution in [0, 0.1) is 61.4 Å². The van der Waals surface area contributed by atoms with Gasteiger partial charge in [-0.2, -0.15) is 10.5 Å². The molecule has 4 saturated carbocycles. The molecule has 8 heteroatoms. The Morgan fingerprint density at radius 3 is 2.28 bits per heavy atom. The molecule has 8 rings (SSSR count). The summed E-state index contributed by atoms with van der Waals surface area (Å²) < 4.78 is 0. The van der Waals surface area contributed by atoms with Crippen molar-refractivity contribution in [3.05, 3.63) is 80.5 Å². The summed E-state index contributed by atoms with van der Waals surface area (Å²) in [5, 5.41) is 33.4. The molecule has 4 bridgehead atoms. The number of nitrogens with zero attached hydrogens (tertiary/aromatic N) is 4. The molecule has 3 atom stereocenters. The molecule has 0 spiro atoms. The van der Waals surface area contributed by atoms with E-state index in [1.54, 1.807) is 6.07 Å². The van der Waals surface area contributed by atoms with Crippen LogP contribution in [0.2, 0.25) is 5.02 Å². The van der Waals surface area contributed by atoms with E-state index in [4.69, 9.17) is 11.6 Å². The Morgan fingerprint density at radius 2 is 1.67 bits per heavy atom. The summed E-state index contributed by atoms with van der Waals surface area (Å²) in [6, 6.07) is 15.3. The zero-order valence-corrected chi connectivity index (χ0v) is 22.1. The van der Waals surface area contributed by atoms with Gasteiger partial charge in [-0.25, -0.2) is 0 Å². The number of carbonyl (C=O) groups is 1. The van der Waals surface area contributed by atoms with Gasteiger partial charge in [0.2, 0.25) is 0 Å². The fourth-order valence-electron chi connectivity index (χ4n) is 9.26. The van der Waals surface area contributed by atoms with Crippen LogP contribution < -0.4 is 0 Å². The largest absolute Gasteiger partial charge is 0.357 e. The van der Waals surface area contributed by atoms with Gasteiger partial charge in [0.05, 0.1) is 29.1 Å². The average Bonchev–Trinajstić information content (AvgIpc) is 3.23. The molecule has 5 fully saturated rings. The van der Waals surface area contributed by atoms with Crippen molar-refractivity contribution < 1.29 is 9.72 Å². The van der Waals surface area contributed by atoms with Crippen molar-refractivity contribution in [3.63, 3.8) is 0 Å². The first-order valence-corrected chi connectivity index (χ1v) is 14.0. The Hall–Kier alpha value is -3.68. The van der Waals surface area contributed by atoms with Crippen LogP contribution in [-0.4, -0.2) is 21.6 Å². The number of benzene rings is 2. The van der Waals surface area contributed by atoms with Crippen molar-refractivity contribution in [2.75, 3.05) is 0 Å². The van der Waals surface area contributed by atoms with Gasteiger partial charge in [-0.1, -0.05) is 41.9 Å². The first-order chi connectivity index (χ1) is 18.8. The molecule has 2 aromatic carbocycles. The van der Waals surface area contributed by atoms with Crippen LogP contribution >= 0.6 is 11.6 Å². The lowest BCUT2D eigenvalue weighted by molar-refractivity contribution is -0.384. The van der Waals surface area contributed by atoms with Gasteiger partial charge in [-0.15, -0.1) is 0 Å². The van der Waals surface area contributed by atoms with Crippen molar-refractivity contribution in [2.24, 2.45) is 28.6 Å². The second-order valence-corrected chi connectivity index (χ2v) is 12.7. The Balaban J connectivity index is 1.45. The third-order valence-corrected chi connectivity index (χ3v) is 10.6. The maximum atomic E-state index is 15.0. The van der Waals surface area contributed by atoms with Crippen LogP contribution in [0.4, 0.5) is 5.69 Å². The van der Waals surface area contributed by atoms with Gasteiger partial charge in [0.15, 0.2) is 11.2 Å². The molecule has 196 valence electrons. The minimum absolute atomic E-state index is 0.0202. The number of halogens is 1. The first kappa shape index (κ1) is 24.4. The number of Topliss-reactive ketones (excluding diaryl/α,β-unsaturated/α-hetero) is 1. The minimum atomic E-state index is -1.65. The number of ketones is 1. The van der Waals surface area contributed by atoms with Crippen LogP contribution in [-0.2, 0) is 4.79 Å². The lowest BCUT2D eigenvalue weighted by atomic mass is 9.47. The van der Waals surface area contributed by atoms with Crippen LogP contribution in [0.15, 0.2) is 48.7 Å². The zero-order valence-electron chi connectivity index (χ0n) is 21.3. The van der Waals surface area contributed by atoms with E-state index in [-0.39, 0.29) is 16.5 Å². The van der Waals surface area contributed by atoms with E-state index in [1.165, 1.54) is 31.4 Å². The Morgan fingerprint density at radius 1 is 1.03 bits per heavy atom. The SMILES string of the molecule is N#CC1(C#N)[C@H](c2ccc(Cl)c([N+](=O)[O-])c2)[C@@H](C(=O)C23CC4CC(CC(C4)C2)C3)N2C=Cc3ccccc3[C@H]21. The number of hydrogen-bond acceptors (Lipinski definition) is 6. The Bertz CT molecular complexity index is 1490. The molecule has 2 aromatic rings. The van der Waals surface area contributed by atoms with E-state index in [0.717, 1.165) is 30.4 Å². The second kappa shape index (κ2) is 8.41. The quantitative estimate of drug-likeness (QED) is 0.322. The fourth-order valence-corrected chi connectivity index (χ4v) is 9.44. The first-order valence-electron chi connectivity index (χ1n) is 13.7. The van der Waals surface area contributed by atoms with Crippen LogP contribution in [0.25, 0.3) is 6.08 Å². The van der Waals surface area contributed by atoms with Crippen molar-refractivity contribution in [1.82, 2.24) is 4.90 Å². The lowest BCUT2D eigenvalue weighted by Crippen LogP contribution is -2.55. The smallest absolute Gasteiger partial charge is 0.288 e. The third kappa shape index (κ3) is 3.29. The second-order valence-electron chi connectivity index (χ2n) is 12.3. The molecular formula is C31H27ClN4O3. The average molecular weight is 539 g/mol. The van der Waals surface area contributed by atoms with E-state index in [0.29, 0.717) is 23.3 Å². The highest BCUT2D eigenvalue weighted by atomic mass is 35.5. The van der Waals surface area contributed by atoms with Crippen LogP contribution in [0.1, 0.15) is 67.2 Å². The zero-order chi connectivity index (χ0) is 27.1. The van der Waals surface area contributed by atoms with E-state index < -0.39 is 33.8 Å². The Labute approximate surface area is 231 Å². The highest BCUT2D eigenvalue weighted by Gasteiger charge is 2.67. The van der Waals surface area contributed by atoms with E-state index >= 15 is 4.79 Å². The maximum absolute atomic E-state index is 15.0. The molecule has 2 heterocycles. The summed E-state index contributed by atoms with van der Waals surface area (Å²) in [7, 11) is 0. The van der Waals surface area contributed by atoms with E-state index in [9.17, 15) is 20.6 Å². The number of hydrogen-bond donors (Lipinski definition) is 0. The van der Waals surface area contributed by atoms with Crippen molar-refractivity contribution >= 4 is 29.1 Å². The molecule has 0 N–H and O–H groups in total. The number of rotatable bonds is 4. The third-order valence-electron chi connectivity index (χ3n) is 10.3. The standard InChI is InChI=1S/C31H27ClN4O3/c32-24-6-5-22(12-25(24)36(38)39)26-27(29(37)30-13-18-9-19(14-30)11-20(10-18)15-30)35-8-7-21-3-1-2-4-23(21)28(35)31(26,16-33)17-34/h1-8,12,18-20,26-28H,9-11,13-15H2/t18?,19?,20?,26-,27+,28+,30?/m1/s1. The topological polar surface area (TPSA) is 111 Å². The number of nitriles is 2. The summed E-state index contributed by atoms with van der Waals surface area (Å²) >= 11 is 6.18. The van der Waals surface area contributed by atoms with Gasteiger partial charge in [0.1, 0.15) is 5.02 Å². The summed E-state index contributed by atoms with van der Waals surface area (Å²) in [6.45, 7) is 0. The molecule has 0 radical (unpaired) electrons. The summed E-state index contributed by atoms with van der Waals surface area (Å²) in [5.74, 6) is 0.834. The van der Waals surface area contributed by atoms with Gasteiger partial charge in [0, 0.05) is 23.6 Å². The van der Waals surface area contributed by atoms with Gasteiger partial charge < -0.3 is 4.90 Å². The number of nitro groups is 1. The summed E-state index contributed by atoms with van der Waals surface area (Å²) in [5.41, 5.74) is -0.273. The highest BCUT2D eigenvalue weighted by Crippen LogP contribution is 2.65. The van der Waals surface area contributed by atoms with Gasteiger partial charge in [0.25, 0.3) is 5.69 Å². The summed E-state index contributed by atoms with van der Waals surface area (Å²) in [6.07, 6.45) is 9.92. The van der Waals surface area contributed by atoms with Crippen molar-refractivity contribution in [1.29, 1.82) is 10.5 Å². The molecule has 6 aliphatic rings. The minimum Gasteiger partial charge on any atom is -0.357 e. The van der Waals surface area contributed by atoms with Gasteiger partial charge in [-0.05, 0) is 85.1 Å². The molecule has 0 aromatic heterocycles. The van der Waals surface area contributed by atoms with Crippen LogP contribution in [0.5, 0.6) is 0 Å². The molecule has 2 aliphatic heterocycles. The lowest BCUT2D eigenvalue weighted by Gasteiger charge is -2.57. The van der Waals surface area contributed by atoms with E-state index in [1.807, 2.05) is 41.4 Å². The molecule has 0 amide bonds. The number of nitro benzene ring substituents is 1. The maximum Gasteiger partial charge on any atom is 0.288 e. The highest BCUT2D eigenvalue weighted by molar-refractivity contribution is 6.32. The molecule has 0 unspecified atom stereocenters. The predicted octanol–water partition coefficient (Wildman–Crippen LogP) is 6.56. The Kier molecular flexibility index (Phi) is 5.25. The molecule has 7 nitrogen and oxygen atoms in total. The van der Waals surface area contributed by atoms with E-state index in [2.05, 4.69) is 12.1 Å². The van der Waals surface area contributed by atoms with Crippen molar-refractivity contribution in [2.45, 2.75) is 56.5 Å². The molecule has 4 aliphatic carbocycles. The van der Waals surface area contributed by atoms with Crippen molar-refractivity contribution in [3.8, 4) is 12.1 Å². The number of fused-ring (bicyclic) bond motifs is 3. The normalized spacial score (nSPS) is 34.6. The van der Waals surface area contributed by atoms with Crippen LogP contribution in [0.3, 0.4) is 0 Å². The molecular weight excluding hydrogens is 512 g/mol.